The van der Waals surface area contributed by atoms with E-state index < -0.39 is 0 Å². The summed E-state index contributed by atoms with van der Waals surface area (Å²) in [6.07, 6.45) is 0. The Morgan fingerprint density at radius 2 is 1.77 bits per heavy atom. The topological polar surface area (TPSA) is 120 Å². The number of amides is 2. The molecule has 0 bridgehead atoms. The van der Waals surface area contributed by atoms with Crippen LogP contribution in [0.3, 0.4) is 0 Å². The Morgan fingerprint density at radius 3 is 2.55 bits per heavy atom. The van der Waals surface area contributed by atoms with Crippen molar-refractivity contribution in [2.75, 3.05) is 24.8 Å². The number of thiazole rings is 1. The number of aromatic nitrogens is 4. The summed E-state index contributed by atoms with van der Waals surface area (Å²) in [6.45, 7) is 2.58. The second-order valence-corrected chi connectivity index (χ2v) is 10.3. The Morgan fingerprint density at radius 1 is 1.00 bits per heavy atom. The molecule has 2 amide bonds. The lowest BCUT2D eigenvalue weighted by atomic mass is 10.2. The van der Waals surface area contributed by atoms with Gasteiger partial charge in [-0.25, -0.2) is 4.98 Å². The Labute approximate surface area is 238 Å². The van der Waals surface area contributed by atoms with Crippen LogP contribution in [0.5, 0.6) is 11.5 Å². The highest BCUT2D eigenvalue weighted by Gasteiger charge is 2.19. The van der Waals surface area contributed by atoms with Gasteiger partial charge in [0.15, 0.2) is 16.1 Å². The van der Waals surface area contributed by atoms with Crippen LogP contribution >= 0.6 is 23.1 Å². The van der Waals surface area contributed by atoms with Crippen LogP contribution in [-0.2, 0) is 11.3 Å². The number of thioether (sulfide) groups is 1. The molecule has 204 valence electrons. The van der Waals surface area contributed by atoms with Crippen LogP contribution in [0.4, 0.5) is 5.13 Å². The Kier molecular flexibility index (Phi) is 8.57. The second-order valence-electron chi connectivity index (χ2n) is 8.37. The molecule has 0 saturated carbocycles. The smallest absolute Gasteiger partial charge is 0.255 e. The summed E-state index contributed by atoms with van der Waals surface area (Å²) in [4.78, 5) is 30.1. The summed E-state index contributed by atoms with van der Waals surface area (Å²) < 4.78 is 13.7. The van der Waals surface area contributed by atoms with Crippen LogP contribution in [0.15, 0.2) is 78.0 Å². The van der Waals surface area contributed by atoms with Gasteiger partial charge in [0, 0.05) is 5.69 Å². The van der Waals surface area contributed by atoms with Crippen molar-refractivity contribution in [3.8, 4) is 17.2 Å². The van der Waals surface area contributed by atoms with Crippen LogP contribution < -0.4 is 20.1 Å². The third-order valence-electron chi connectivity index (χ3n) is 5.74. The van der Waals surface area contributed by atoms with E-state index in [0.717, 1.165) is 21.7 Å². The molecular weight excluding hydrogens is 548 g/mol. The van der Waals surface area contributed by atoms with Gasteiger partial charge < -0.3 is 20.1 Å². The first-order valence-electron chi connectivity index (χ1n) is 12.4. The molecule has 0 fully saturated rings. The van der Waals surface area contributed by atoms with Gasteiger partial charge in [-0.3, -0.25) is 14.2 Å². The molecule has 12 heteroatoms. The number of benzene rings is 3. The van der Waals surface area contributed by atoms with Gasteiger partial charge in [0.2, 0.25) is 5.91 Å². The third kappa shape index (κ3) is 6.24. The van der Waals surface area contributed by atoms with Crippen LogP contribution in [-0.4, -0.2) is 51.0 Å². The number of carbonyl (C=O) groups excluding carboxylic acids is 2. The van der Waals surface area contributed by atoms with Gasteiger partial charge in [-0.1, -0.05) is 47.4 Å². The number of ether oxygens (including phenoxy) is 2. The van der Waals surface area contributed by atoms with Crippen molar-refractivity contribution in [3.63, 3.8) is 0 Å². The predicted octanol–water partition coefficient (Wildman–Crippen LogP) is 4.95. The highest BCUT2D eigenvalue weighted by atomic mass is 32.2. The maximum atomic E-state index is 12.9. The molecule has 40 heavy (non-hydrogen) atoms. The molecule has 2 aromatic heterocycles. The first kappa shape index (κ1) is 27.2. The van der Waals surface area contributed by atoms with E-state index >= 15 is 0 Å². The molecule has 0 unspecified atom stereocenters. The van der Waals surface area contributed by atoms with E-state index in [-0.39, 0.29) is 24.1 Å². The lowest BCUT2D eigenvalue weighted by Gasteiger charge is -2.12. The van der Waals surface area contributed by atoms with Gasteiger partial charge >= 0.3 is 0 Å². The normalized spacial score (nSPS) is 10.8. The van der Waals surface area contributed by atoms with E-state index in [9.17, 15) is 9.59 Å². The summed E-state index contributed by atoms with van der Waals surface area (Å²) in [5, 5.41) is 15.5. The van der Waals surface area contributed by atoms with E-state index in [4.69, 9.17) is 9.47 Å². The lowest BCUT2D eigenvalue weighted by molar-refractivity contribution is -0.113. The molecule has 0 radical (unpaired) electrons. The minimum atomic E-state index is -0.303. The molecule has 5 aromatic rings. The third-order valence-corrected chi connectivity index (χ3v) is 7.62. The molecule has 0 aliphatic rings. The van der Waals surface area contributed by atoms with Crippen molar-refractivity contribution in [1.82, 2.24) is 25.1 Å². The zero-order valence-corrected chi connectivity index (χ0v) is 23.4. The molecule has 0 spiro atoms. The molecule has 0 atom stereocenters. The van der Waals surface area contributed by atoms with E-state index in [0.29, 0.717) is 34.0 Å². The monoisotopic (exact) mass is 574 g/mol. The van der Waals surface area contributed by atoms with Gasteiger partial charge in [-0.05, 0) is 55.5 Å². The van der Waals surface area contributed by atoms with E-state index in [1.807, 2.05) is 60.0 Å². The zero-order chi connectivity index (χ0) is 27.9. The zero-order valence-electron chi connectivity index (χ0n) is 21.8. The summed E-state index contributed by atoms with van der Waals surface area (Å²) in [6, 6.07) is 22.2. The van der Waals surface area contributed by atoms with Crippen molar-refractivity contribution in [2.24, 2.45) is 0 Å². The highest BCUT2D eigenvalue weighted by Crippen LogP contribution is 2.27. The Bertz CT molecular complexity index is 1600. The van der Waals surface area contributed by atoms with Crippen LogP contribution in [0, 0.1) is 0 Å². The lowest BCUT2D eigenvalue weighted by Crippen LogP contribution is -2.25. The molecule has 3 aromatic carbocycles. The molecule has 10 nitrogen and oxygen atoms in total. The molecule has 2 heterocycles. The van der Waals surface area contributed by atoms with Crippen LogP contribution in [0.1, 0.15) is 23.1 Å². The SMILES string of the molecule is CCOc1ccc(-n2c(CNC(=O)c3ccccc3OC)nnc2SCC(=O)Nc2nc3ccccc3s2)cc1. The molecule has 5 rings (SSSR count). The minimum Gasteiger partial charge on any atom is -0.496 e. The number of rotatable bonds is 11. The maximum absolute atomic E-state index is 12.9. The van der Waals surface area contributed by atoms with Crippen molar-refractivity contribution in [2.45, 2.75) is 18.6 Å². The van der Waals surface area contributed by atoms with Crippen molar-refractivity contribution < 1.29 is 19.1 Å². The standard InChI is InChI=1S/C28H26N6O4S2/c1-3-38-19-14-12-18(13-15-19)34-24(16-29-26(36)20-8-4-6-10-22(20)37-2)32-33-28(34)39-17-25(35)31-27-30-21-9-5-7-11-23(21)40-27/h4-15H,3,16-17H2,1-2H3,(H,29,36)(H,30,31,35). The fourth-order valence-corrected chi connectivity index (χ4v) is 5.58. The number of carbonyl (C=O) groups is 2. The van der Waals surface area contributed by atoms with Crippen molar-refractivity contribution in [3.05, 3.63) is 84.2 Å². The minimum absolute atomic E-state index is 0.0959. The Balaban J connectivity index is 1.33. The fraction of sp³-hybridized carbons (Fsp3) is 0.179. The van der Waals surface area contributed by atoms with Crippen LogP contribution in [0.2, 0.25) is 0 Å². The van der Waals surface area contributed by atoms with E-state index in [1.54, 1.807) is 24.3 Å². The van der Waals surface area contributed by atoms with Crippen molar-refractivity contribution >= 4 is 50.3 Å². The number of hydrogen-bond acceptors (Lipinski definition) is 9. The number of nitrogens with one attached hydrogen (secondary N) is 2. The van der Waals surface area contributed by atoms with E-state index in [1.165, 1.54) is 30.2 Å². The molecular formula is C28H26N6O4S2. The average Bonchev–Trinajstić information content (AvgIpc) is 3.58. The first-order valence-corrected chi connectivity index (χ1v) is 14.2. The molecule has 0 aliphatic heterocycles. The number of anilines is 1. The van der Waals surface area contributed by atoms with Crippen molar-refractivity contribution in [1.29, 1.82) is 0 Å². The molecule has 2 N–H and O–H groups in total. The number of nitrogens with zero attached hydrogens (tertiary/aromatic N) is 4. The largest absolute Gasteiger partial charge is 0.496 e. The van der Waals surface area contributed by atoms with Gasteiger partial charge in [0.05, 0.1) is 41.8 Å². The van der Waals surface area contributed by atoms with Gasteiger partial charge in [-0.2, -0.15) is 0 Å². The van der Waals surface area contributed by atoms with Gasteiger partial charge in [-0.15, -0.1) is 10.2 Å². The van der Waals surface area contributed by atoms with Crippen LogP contribution in [0.25, 0.3) is 15.9 Å². The number of hydrogen-bond donors (Lipinski definition) is 2. The highest BCUT2D eigenvalue weighted by molar-refractivity contribution is 7.99. The fourth-order valence-electron chi connectivity index (χ4n) is 3.92. The summed E-state index contributed by atoms with van der Waals surface area (Å²) >= 11 is 2.66. The van der Waals surface area contributed by atoms with Gasteiger partial charge in [0.1, 0.15) is 11.5 Å². The predicted molar refractivity (Wildman–Crippen MR) is 156 cm³/mol. The summed E-state index contributed by atoms with van der Waals surface area (Å²) in [7, 11) is 1.52. The summed E-state index contributed by atoms with van der Waals surface area (Å²) in [5.41, 5.74) is 2.02. The number of para-hydroxylation sites is 2. The molecule has 0 saturated heterocycles. The maximum Gasteiger partial charge on any atom is 0.255 e. The summed E-state index contributed by atoms with van der Waals surface area (Å²) in [5.74, 6) is 1.29. The first-order chi connectivity index (χ1) is 19.6. The molecule has 0 aliphatic carbocycles. The Hall–Kier alpha value is -4.42. The van der Waals surface area contributed by atoms with E-state index in [2.05, 4.69) is 25.8 Å². The quantitative estimate of drug-likeness (QED) is 0.213. The number of methoxy groups -OCH3 is 1. The number of fused-ring (bicyclic) bond motifs is 1. The second kappa shape index (κ2) is 12.6. The average molecular weight is 575 g/mol. The van der Waals surface area contributed by atoms with Gasteiger partial charge in [0.25, 0.3) is 5.91 Å².